The molecule has 0 atom stereocenters. The molecule has 0 amide bonds. The summed E-state index contributed by atoms with van der Waals surface area (Å²) in [4.78, 5) is 13.1. The lowest BCUT2D eigenvalue weighted by Crippen LogP contribution is -2.40. The lowest BCUT2D eigenvalue weighted by molar-refractivity contribution is -0.149. The first-order chi connectivity index (χ1) is 11.5. The third kappa shape index (κ3) is 6.22. The zero-order chi connectivity index (χ0) is 18.7. The number of rotatable bonds is 4. The fraction of sp³-hybridized carbons (Fsp3) is 0.562. The van der Waals surface area contributed by atoms with Crippen molar-refractivity contribution in [2.75, 3.05) is 26.2 Å². The van der Waals surface area contributed by atoms with Gasteiger partial charge in [-0.15, -0.1) is 0 Å². The summed E-state index contributed by atoms with van der Waals surface area (Å²) in [6, 6.07) is 3.67. The molecule has 0 aromatic heterocycles. The van der Waals surface area contributed by atoms with Crippen LogP contribution in [0.25, 0.3) is 0 Å². The number of hydrogen-bond acceptors (Lipinski definition) is 3. The van der Waals surface area contributed by atoms with Gasteiger partial charge in [-0.05, 0) is 56.1 Å². The SMILES string of the molecule is O=C(OCC1CCN(CC(F)(F)F)CC1)c1ccc(C(F)(F)F)cc1. The molecule has 3 nitrogen and oxygen atoms in total. The van der Waals surface area contributed by atoms with E-state index in [0.717, 1.165) is 24.3 Å². The van der Waals surface area contributed by atoms with Gasteiger partial charge in [0.05, 0.1) is 24.3 Å². The largest absolute Gasteiger partial charge is 0.462 e. The van der Waals surface area contributed by atoms with Gasteiger partial charge in [0.15, 0.2) is 0 Å². The van der Waals surface area contributed by atoms with E-state index < -0.39 is 30.4 Å². The molecule has 0 radical (unpaired) electrons. The summed E-state index contributed by atoms with van der Waals surface area (Å²) in [5.74, 6) is -0.797. The second kappa shape index (κ2) is 7.63. The van der Waals surface area contributed by atoms with Crippen LogP contribution in [0.5, 0.6) is 0 Å². The molecular formula is C16H17F6NO2. The summed E-state index contributed by atoms with van der Waals surface area (Å²) >= 11 is 0. The molecule has 0 N–H and O–H groups in total. The van der Waals surface area contributed by atoms with Crippen LogP contribution in [0, 0.1) is 5.92 Å². The number of halogens is 6. The summed E-state index contributed by atoms with van der Waals surface area (Å²) in [5.41, 5.74) is -0.858. The van der Waals surface area contributed by atoms with E-state index in [9.17, 15) is 31.1 Å². The Morgan fingerprint density at radius 1 is 1.04 bits per heavy atom. The normalized spacial score (nSPS) is 17.5. The third-order valence-electron chi connectivity index (χ3n) is 4.01. The number of likely N-dealkylation sites (tertiary alicyclic amines) is 1. The van der Waals surface area contributed by atoms with Crippen LogP contribution in [-0.2, 0) is 10.9 Å². The van der Waals surface area contributed by atoms with Crippen LogP contribution < -0.4 is 0 Å². The molecule has 1 heterocycles. The maximum Gasteiger partial charge on any atom is 0.416 e. The molecule has 0 unspecified atom stereocenters. The third-order valence-corrected chi connectivity index (χ3v) is 4.01. The highest BCUT2D eigenvalue weighted by molar-refractivity contribution is 5.89. The van der Waals surface area contributed by atoms with Crippen molar-refractivity contribution < 1.29 is 35.9 Å². The molecule has 1 aliphatic rings. The van der Waals surface area contributed by atoms with Gasteiger partial charge in [-0.2, -0.15) is 26.3 Å². The molecule has 140 valence electrons. The molecule has 0 spiro atoms. The first-order valence-electron chi connectivity index (χ1n) is 7.68. The second-order valence-electron chi connectivity index (χ2n) is 6.01. The molecule has 1 fully saturated rings. The van der Waals surface area contributed by atoms with E-state index in [1.165, 1.54) is 4.90 Å². The highest BCUT2D eigenvalue weighted by atomic mass is 19.4. The van der Waals surface area contributed by atoms with Crippen LogP contribution in [-0.4, -0.2) is 43.3 Å². The highest BCUT2D eigenvalue weighted by Crippen LogP contribution is 2.29. The smallest absolute Gasteiger partial charge is 0.416 e. The topological polar surface area (TPSA) is 29.5 Å². The summed E-state index contributed by atoms with van der Waals surface area (Å²) in [7, 11) is 0. The number of nitrogens with zero attached hydrogens (tertiary/aromatic N) is 1. The summed E-state index contributed by atoms with van der Waals surface area (Å²) in [5, 5.41) is 0. The number of carbonyl (C=O) groups excluding carboxylic acids is 1. The van der Waals surface area contributed by atoms with E-state index in [2.05, 4.69) is 0 Å². The lowest BCUT2D eigenvalue weighted by Gasteiger charge is -2.31. The van der Waals surface area contributed by atoms with E-state index in [1.54, 1.807) is 0 Å². The van der Waals surface area contributed by atoms with Crippen molar-refractivity contribution in [3.05, 3.63) is 35.4 Å². The van der Waals surface area contributed by atoms with E-state index in [-0.39, 0.29) is 31.2 Å². The van der Waals surface area contributed by atoms with Gasteiger partial charge < -0.3 is 4.74 Å². The van der Waals surface area contributed by atoms with Gasteiger partial charge in [0.2, 0.25) is 0 Å². The minimum atomic E-state index is -4.48. The first kappa shape index (κ1) is 19.6. The summed E-state index contributed by atoms with van der Waals surface area (Å²) < 4.78 is 79.3. The van der Waals surface area contributed by atoms with Gasteiger partial charge in [-0.25, -0.2) is 4.79 Å². The predicted molar refractivity (Wildman–Crippen MR) is 76.9 cm³/mol. The number of esters is 1. The zero-order valence-electron chi connectivity index (χ0n) is 13.2. The number of alkyl halides is 6. The van der Waals surface area contributed by atoms with Crippen molar-refractivity contribution in [2.24, 2.45) is 5.92 Å². The second-order valence-corrected chi connectivity index (χ2v) is 6.01. The molecule has 0 saturated carbocycles. The standard InChI is InChI=1S/C16H17F6NO2/c17-15(18,19)10-23-7-5-11(6-8-23)9-25-14(24)12-1-3-13(4-2-12)16(20,21)22/h1-4,11H,5-10H2. The molecule has 9 heteroatoms. The van der Waals surface area contributed by atoms with E-state index in [1.807, 2.05) is 0 Å². The van der Waals surface area contributed by atoms with Gasteiger partial charge in [0.1, 0.15) is 0 Å². The highest BCUT2D eigenvalue weighted by Gasteiger charge is 2.33. The molecule has 25 heavy (non-hydrogen) atoms. The van der Waals surface area contributed by atoms with Gasteiger partial charge >= 0.3 is 18.3 Å². The van der Waals surface area contributed by atoms with Crippen LogP contribution in [0.1, 0.15) is 28.8 Å². The van der Waals surface area contributed by atoms with Crippen molar-refractivity contribution >= 4 is 5.97 Å². The molecular weight excluding hydrogens is 352 g/mol. The van der Waals surface area contributed by atoms with Gasteiger partial charge in [-0.1, -0.05) is 0 Å². The van der Waals surface area contributed by atoms with E-state index >= 15 is 0 Å². The average molecular weight is 369 g/mol. The summed E-state index contributed by atoms with van der Waals surface area (Å²) in [6.45, 7) is -0.380. The van der Waals surface area contributed by atoms with Gasteiger partial charge in [0.25, 0.3) is 0 Å². The first-order valence-corrected chi connectivity index (χ1v) is 7.68. The Kier molecular flexibility index (Phi) is 5.97. The predicted octanol–water partition coefficient (Wildman–Crippen LogP) is 4.14. The van der Waals surface area contributed by atoms with Crippen LogP contribution >= 0.6 is 0 Å². The van der Waals surface area contributed by atoms with E-state index in [4.69, 9.17) is 4.74 Å². The molecule has 1 aliphatic heterocycles. The van der Waals surface area contributed by atoms with Crippen LogP contribution in [0.4, 0.5) is 26.3 Å². The number of ether oxygens (including phenoxy) is 1. The summed E-state index contributed by atoms with van der Waals surface area (Å²) in [6.07, 6.45) is -7.78. The molecule has 1 aromatic carbocycles. The number of carbonyl (C=O) groups is 1. The van der Waals surface area contributed by atoms with E-state index in [0.29, 0.717) is 12.8 Å². The Labute approximate surface area is 140 Å². The van der Waals surface area contributed by atoms with Crippen molar-refractivity contribution in [1.82, 2.24) is 4.90 Å². The van der Waals surface area contributed by atoms with Crippen LogP contribution in [0.2, 0.25) is 0 Å². The molecule has 2 rings (SSSR count). The minimum absolute atomic E-state index is 0.00232. The van der Waals surface area contributed by atoms with Crippen LogP contribution in [0.15, 0.2) is 24.3 Å². The fourth-order valence-corrected chi connectivity index (χ4v) is 2.64. The van der Waals surface area contributed by atoms with Crippen molar-refractivity contribution in [1.29, 1.82) is 0 Å². The Hall–Kier alpha value is -1.77. The Morgan fingerprint density at radius 3 is 2.08 bits per heavy atom. The van der Waals surface area contributed by atoms with Gasteiger partial charge in [0, 0.05) is 0 Å². The number of hydrogen-bond donors (Lipinski definition) is 0. The maximum absolute atomic E-state index is 12.5. The minimum Gasteiger partial charge on any atom is -0.462 e. The molecule has 0 bridgehead atoms. The quantitative estimate of drug-likeness (QED) is 0.590. The average Bonchev–Trinajstić information content (AvgIpc) is 2.52. The lowest BCUT2D eigenvalue weighted by atomic mass is 9.98. The Balaban J connectivity index is 1.77. The maximum atomic E-state index is 12.5. The van der Waals surface area contributed by atoms with Crippen molar-refractivity contribution in [3.63, 3.8) is 0 Å². The number of piperidine rings is 1. The Morgan fingerprint density at radius 2 is 1.60 bits per heavy atom. The number of benzene rings is 1. The molecule has 1 saturated heterocycles. The Bertz CT molecular complexity index is 574. The van der Waals surface area contributed by atoms with Crippen molar-refractivity contribution in [3.8, 4) is 0 Å². The zero-order valence-corrected chi connectivity index (χ0v) is 13.2. The monoisotopic (exact) mass is 369 g/mol. The van der Waals surface area contributed by atoms with Crippen LogP contribution in [0.3, 0.4) is 0 Å². The van der Waals surface area contributed by atoms with Crippen molar-refractivity contribution in [2.45, 2.75) is 25.2 Å². The fourth-order valence-electron chi connectivity index (χ4n) is 2.64. The van der Waals surface area contributed by atoms with Gasteiger partial charge in [-0.3, -0.25) is 4.90 Å². The molecule has 1 aromatic rings. The molecule has 0 aliphatic carbocycles.